The molecule has 0 aliphatic heterocycles. The van der Waals surface area contributed by atoms with E-state index < -0.39 is 0 Å². The van der Waals surface area contributed by atoms with Crippen LogP contribution in [0.2, 0.25) is 0 Å². The summed E-state index contributed by atoms with van der Waals surface area (Å²) < 4.78 is 6.33. The molecule has 0 saturated carbocycles. The van der Waals surface area contributed by atoms with Gasteiger partial charge >= 0.3 is 0 Å². The summed E-state index contributed by atoms with van der Waals surface area (Å²) in [6.07, 6.45) is 0.344. The fourth-order valence-electron chi connectivity index (χ4n) is 3.26. The Hall–Kier alpha value is -2.44. The number of likely N-dealkylation sites (N-methyl/N-ethyl adjacent to an activating group) is 1. The van der Waals surface area contributed by atoms with Crippen LogP contribution in [-0.4, -0.2) is 49.1 Å². The summed E-state index contributed by atoms with van der Waals surface area (Å²) in [5, 5.41) is 0.774. The van der Waals surface area contributed by atoms with E-state index in [0.29, 0.717) is 13.0 Å². The molecule has 0 unspecified atom stereocenters. The van der Waals surface area contributed by atoms with Crippen LogP contribution in [0.3, 0.4) is 0 Å². The molecule has 1 aromatic heterocycles. The highest BCUT2D eigenvalue weighted by atomic mass is 32.1. The Morgan fingerprint density at radius 3 is 2.45 bits per heavy atom. The second-order valence-electron chi connectivity index (χ2n) is 7.06. The summed E-state index contributed by atoms with van der Waals surface area (Å²) in [6.45, 7) is 9.77. The Balaban J connectivity index is 1.84. The summed E-state index contributed by atoms with van der Waals surface area (Å²) in [6, 6.07) is 13.9. The monoisotopic (exact) mass is 411 g/mol. The van der Waals surface area contributed by atoms with Crippen LogP contribution in [-0.2, 0) is 11.2 Å². The molecule has 2 aromatic carbocycles. The number of fused-ring (bicyclic) bond motifs is 1. The van der Waals surface area contributed by atoms with Crippen molar-refractivity contribution in [2.24, 2.45) is 0 Å². The number of thiazole rings is 1. The normalized spacial score (nSPS) is 11.2. The number of methoxy groups -OCH3 is 1. The maximum absolute atomic E-state index is 13.2. The van der Waals surface area contributed by atoms with Gasteiger partial charge in [0.05, 0.1) is 23.7 Å². The van der Waals surface area contributed by atoms with Gasteiger partial charge in [-0.15, -0.1) is 0 Å². The van der Waals surface area contributed by atoms with Crippen molar-refractivity contribution >= 4 is 32.6 Å². The minimum Gasteiger partial charge on any atom is -0.497 e. The van der Waals surface area contributed by atoms with Gasteiger partial charge in [0, 0.05) is 13.1 Å². The Bertz CT molecular complexity index is 948. The maximum atomic E-state index is 13.2. The van der Waals surface area contributed by atoms with Gasteiger partial charge in [0.2, 0.25) is 5.91 Å². The Labute approximate surface area is 176 Å². The van der Waals surface area contributed by atoms with Crippen LogP contribution >= 0.6 is 11.3 Å². The van der Waals surface area contributed by atoms with E-state index in [1.165, 1.54) is 5.56 Å². The Morgan fingerprint density at radius 2 is 1.79 bits per heavy atom. The second-order valence-corrected chi connectivity index (χ2v) is 8.07. The van der Waals surface area contributed by atoms with Crippen LogP contribution in [0.25, 0.3) is 10.2 Å². The lowest BCUT2D eigenvalue weighted by Gasteiger charge is -2.24. The van der Waals surface area contributed by atoms with Crippen molar-refractivity contribution in [2.75, 3.05) is 38.2 Å². The molecule has 3 rings (SSSR count). The quantitative estimate of drug-likeness (QED) is 0.519. The molecule has 1 heterocycles. The molecule has 0 spiro atoms. The molecule has 29 heavy (non-hydrogen) atoms. The molecular formula is C23H29N3O2S. The molecular weight excluding hydrogens is 382 g/mol. The van der Waals surface area contributed by atoms with E-state index in [0.717, 1.165) is 46.3 Å². The van der Waals surface area contributed by atoms with Crippen LogP contribution < -0.4 is 9.64 Å². The van der Waals surface area contributed by atoms with Crippen LogP contribution in [0, 0.1) is 6.92 Å². The molecule has 154 valence electrons. The first-order valence-corrected chi connectivity index (χ1v) is 10.9. The van der Waals surface area contributed by atoms with Gasteiger partial charge in [-0.2, -0.15) is 0 Å². The number of carbonyl (C=O) groups is 1. The number of anilines is 1. The number of hydrogen-bond acceptors (Lipinski definition) is 5. The first-order chi connectivity index (χ1) is 14.0. The highest BCUT2D eigenvalue weighted by Crippen LogP contribution is 2.30. The molecule has 0 aliphatic rings. The van der Waals surface area contributed by atoms with Gasteiger partial charge in [-0.3, -0.25) is 9.69 Å². The first kappa shape index (κ1) is 21.3. The number of aryl methyl sites for hydroxylation is 1. The van der Waals surface area contributed by atoms with E-state index in [1.807, 2.05) is 35.2 Å². The van der Waals surface area contributed by atoms with E-state index in [9.17, 15) is 4.79 Å². The van der Waals surface area contributed by atoms with Gasteiger partial charge in [0.1, 0.15) is 5.75 Å². The average molecular weight is 412 g/mol. The first-order valence-electron chi connectivity index (χ1n) is 10.1. The van der Waals surface area contributed by atoms with Crippen molar-refractivity contribution in [1.82, 2.24) is 9.88 Å². The van der Waals surface area contributed by atoms with Crippen molar-refractivity contribution in [3.8, 4) is 5.75 Å². The van der Waals surface area contributed by atoms with Crippen LogP contribution in [0.15, 0.2) is 42.5 Å². The summed E-state index contributed by atoms with van der Waals surface area (Å²) in [5.41, 5.74) is 3.12. The number of ether oxygens (including phenoxy) is 1. The highest BCUT2D eigenvalue weighted by Gasteiger charge is 2.21. The lowest BCUT2D eigenvalue weighted by molar-refractivity contribution is -0.118. The molecule has 0 saturated heterocycles. The zero-order valence-corrected chi connectivity index (χ0v) is 18.5. The van der Waals surface area contributed by atoms with E-state index in [-0.39, 0.29) is 5.91 Å². The molecule has 1 amide bonds. The van der Waals surface area contributed by atoms with E-state index in [2.05, 4.69) is 37.8 Å². The number of nitrogens with zero attached hydrogens (tertiary/aromatic N) is 3. The van der Waals surface area contributed by atoms with Crippen LogP contribution in [0.1, 0.15) is 25.0 Å². The van der Waals surface area contributed by atoms with E-state index in [4.69, 9.17) is 9.72 Å². The van der Waals surface area contributed by atoms with E-state index >= 15 is 0 Å². The summed E-state index contributed by atoms with van der Waals surface area (Å²) in [4.78, 5) is 22.2. The fourth-order valence-corrected chi connectivity index (χ4v) is 4.36. The number of aromatic nitrogens is 1. The zero-order valence-electron chi connectivity index (χ0n) is 17.6. The molecule has 0 atom stereocenters. The number of carbonyl (C=O) groups excluding carboxylic acids is 1. The molecule has 0 N–H and O–H groups in total. The predicted molar refractivity (Wildman–Crippen MR) is 121 cm³/mol. The number of amides is 1. The Morgan fingerprint density at radius 1 is 1.07 bits per heavy atom. The maximum Gasteiger partial charge on any atom is 0.233 e. The Kier molecular flexibility index (Phi) is 7.23. The minimum absolute atomic E-state index is 0.0677. The molecule has 0 radical (unpaired) electrons. The minimum atomic E-state index is 0.0677. The third kappa shape index (κ3) is 5.34. The number of rotatable bonds is 9. The van der Waals surface area contributed by atoms with Crippen molar-refractivity contribution in [2.45, 2.75) is 27.2 Å². The molecule has 0 aliphatic carbocycles. The fraction of sp³-hybridized carbons (Fsp3) is 0.391. The van der Waals surface area contributed by atoms with Gasteiger partial charge < -0.3 is 9.64 Å². The van der Waals surface area contributed by atoms with Crippen molar-refractivity contribution in [3.05, 3.63) is 53.6 Å². The smallest absolute Gasteiger partial charge is 0.233 e. The largest absolute Gasteiger partial charge is 0.497 e. The molecule has 3 aromatic rings. The topological polar surface area (TPSA) is 45.7 Å². The third-order valence-electron chi connectivity index (χ3n) is 5.11. The van der Waals surface area contributed by atoms with Gasteiger partial charge in [-0.1, -0.05) is 43.4 Å². The molecule has 5 nitrogen and oxygen atoms in total. The summed E-state index contributed by atoms with van der Waals surface area (Å²) in [5.74, 6) is 0.860. The van der Waals surface area contributed by atoms with Gasteiger partial charge in [-0.25, -0.2) is 4.98 Å². The standard InChI is InChI=1S/C23H29N3O2S/c1-5-25(6-2)13-14-26(22(27)16-18-8-10-19(28-4)11-9-18)23-24-20-12-7-17(3)15-21(20)29-23/h7-12,15H,5-6,13-14,16H2,1-4H3. The SMILES string of the molecule is CCN(CC)CCN(C(=O)Cc1ccc(OC)cc1)c1nc2ccc(C)cc2s1. The average Bonchev–Trinajstić information content (AvgIpc) is 3.14. The number of benzene rings is 2. The third-order valence-corrected chi connectivity index (χ3v) is 6.15. The van der Waals surface area contributed by atoms with Crippen molar-refractivity contribution in [3.63, 3.8) is 0 Å². The second kappa shape index (κ2) is 9.85. The summed E-state index contributed by atoms with van der Waals surface area (Å²) in [7, 11) is 1.64. The summed E-state index contributed by atoms with van der Waals surface area (Å²) >= 11 is 1.59. The predicted octanol–water partition coefficient (Wildman–Crippen LogP) is 4.53. The lowest BCUT2D eigenvalue weighted by atomic mass is 10.1. The van der Waals surface area contributed by atoms with Crippen molar-refractivity contribution in [1.29, 1.82) is 0 Å². The molecule has 0 bridgehead atoms. The van der Waals surface area contributed by atoms with Crippen LogP contribution in [0.5, 0.6) is 5.75 Å². The zero-order chi connectivity index (χ0) is 20.8. The van der Waals surface area contributed by atoms with Crippen LogP contribution in [0.4, 0.5) is 5.13 Å². The van der Waals surface area contributed by atoms with Crippen molar-refractivity contribution < 1.29 is 9.53 Å². The highest BCUT2D eigenvalue weighted by molar-refractivity contribution is 7.22. The lowest BCUT2D eigenvalue weighted by Crippen LogP contribution is -2.39. The van der Waals surface area contributed by atoms with E-state index in [1.54, 1.807) is 18.4 Å². The van der Waals surface area contributed by atoms with Gasteiger partial charge in [-0.05, 0) is 55.4 Å². The molecule has 6 heteroatoms. The van der Waals surface area contributed by atoms with Gasteiger partial charge in [0.25, 0.3) is 0 Å². The number of hydrogen-bond donors (Lipinski definition) is 0. The molecule has 0 fully saturated rings. The van der Waals surface area contributed by atoms with Gasteiger partial charge in [0.15, 0.2) is 5.13 Å².